The van der Waals surface area contributed by atoms with E-state index in [2.05, 4.69) is 9.97 Å². The highest BCUT2D eigenvalue weighted by molar-refractivity contribution is 6.35. The van der Waals surface area contributed by atoms with Crippen LogP contribution in [0, 0.1) is 13.8 Å². The third-order valence-corrected chi connectivity index (χ3v) is 4.78. The van der Waals surface area contributed by atoms with E-state index in [4.69, 9.17) is 23.2 Å². The summed E-state index contributed by atoms with van der Waals surface area (Å²) in [5.41, 5.74) is -0.154. The molecule has 0 bridgehead atoms. The second-order valence-electron chi connectivity index (χ2n) is 6.26. The lowest BCUT2D eigenvalue weighted by Gasteiger charge is -2.21. The summed E-state index contributed by atoms with van der Waals surface area (Å²) in [6.07, 6.45) is 0. The largest absolute Gasteiger partial charge is 0.507 e. The summed E-state index contributed by atoms with van der Waals surface area (Å²) in [6.45, 7) is 3.23. The molecule has 1 aromatic carbocycles. The minimum absolute atomic E-state index is 0.102. The number of benzene rings is 1. The van der Waals surface area contributed by atoms with E-state index in [1.165, 1.54) is 18.2 Å². The maximum Gasteiger partial charge on any atom is 0.256 e. The molecule has 0 aliphatic rings. The third kappa shape index (κ3) is 3.59. The maximum atomic E-state index is 12.6. The average molecular weight is 407 g/mol. The Labute approximate surface area is 164 Å². The van der Waals surface area contributed by atoms with E-state index < -0.39 is 17.0 Å². The van der Waals surface area contributed by atoms with Gasteiger partial charge in [-0.2, -0.15) is 0 Å². The second-order valence-corrected chi connectivity index (χ2v) is 7.10. The van der Waals surface area contributed by atoms with Crippen LogP contribution in [0.4, 0.5) is 0 Å². The van der Waals surface area contributed by atoms with Gasteiger partial charge in [0, 0.05) is 21.4 Å². The lowest BCUT2D eigenvalue weighted by atomic mass is 9.85. The van der Waals surface area contributed by atoms with Gasteiger partial charge in [0.1, 0.15) is 11.5 Å². The zero-order chi connectivity index (χ0) is 19.9. The van der Waals surface area contributed by atoms with Gasteiger partial charge in [-0.15, -0.1) is 0 Å². The number of pyridine rings is 2. The van der Waals surface area contributed by atoms with Gasteiger partial charge in [0.15, 0.2) is 0 Å². The van der Waals surface area contributed by atoms with Crippen LogP contribution in [0.2, 0.25) is 10.0 Å². The fourth-order valence-corrected chi connectivity index (χ4v) is 3.63. The number of aromatic nitrogens is 2. The monoisotopic (exact) mass is 406 g/mol. The minimum atomic E-state index is -1.11. The smallest absolute Gasteiger partial charge is 0.256 e. The summed E-state index contributed by atoms with van der Waals surface area (Å²) >= 11 is 12.3. The number of rotatable bonds is 3. The van der Waals surface area contributed by atoms with E-state index >= 15 is 0 Å². The van der Waals surface area contributed by atoms with Gasteiger partial charge in [0.2, 0.25) is 0 Å². The maximum absolute atomic E-state index is 12.6. The number of halogens is 2. The number of aromatic amines is 2. The van der Waals surface area contributed by atoms with E-state index in [-0.39, 0.29) is 27.6 Å². The lowest BCUT2D eigenvalue weighted by molar-refractivity contribution is 0.454. The Balaban J connectivity index is 2.43. The van der Waals surface area contributed by atoms with E-state index in [0.717, 1.165) is 0 Å². The number of nitrogens with one attached hydrogen (secondary N) is 2. The lowest BCUT2D eigenvalue weighted by Crippen LogP contribution is -2.25. The summed E-state index contributed by atoms with van der Waals surface area (Å²) < 4.78 is 0. The van der Waals surface area contributed by atoms with Crippen molar-refractivity contribution in [1.82, 2.24) is 9.97 Å². The number of hydrogen-bond acceptors (Lipinski definition) is 4. The molecule has 0 aliphatic carbocycles. The Bertz CT molecular complexity index is 1090. The van der Waals surface area contributed by atoms with Crippen LogP contribution in [0.3, 0.4) is 0 Å². The zero-order valence-electron chi connectivity index (χ0n) is 14.4. The molecular formula is C19H16Cl2N2O4. The van der Waals surface area contributed by atoms with Gasteiger partial charge >= 0.3 is 0 Å². The van der Waals surface area contributed by atoms with Gasteiger partial charge in [-0.25, -0.2) is 0 Å². The van der Waals surface area contributed by atoms with Crippen LogP contribution in [0.15, 0.2) is 39.9 Å². The van der Waals surface area contributed by atoms with E-state index in [1.54, 1.807) is 26.0 Å². The topological polar surface area (TPSA) is 106 Å². The van der Waals surface area contributed by atoms with Crippen molar-refractivity contribution in [3.05, 3.63) is 89.2 Å². The highest BCUT2D eigenvalue weighted by atomic mass is 35.5. The normalized spacial score (nSPS) is 11.1. The van der Waals surface area contributed by atoms with Crippen LogP contribution in [0.1, 0.15) is 34.0 Å². The average Bonchev–Trinajstić information content (AvgIpc) is 2.52. The molecule has 140 valence electrons. The first kappa shape index (κ1) is 19.1. The molecule has 6 nitrogen and oxygen atoms in total. The van der Waals surface area contributed by atoms with Crippen molar-refractivity contribution in [2.75, 3.05) is 0 Å². The number of H-pyrrole nitrogens is 2. The molecule has 4 N–H and O–H groups in total. The van der Waals surface area contributed by atoms with Crippen molar-refractivity contribution in [3.8, 4) is 11.5 Å². The summed E-state index contributed by atoms with van der Waals surface area (Å²) in [4.78, 5) is 30.5. The van der Waals surface area contributed by atoms with Gasteiger partial charge in [0.05, 0.1) is 17.0 Å². The van der Waals surface area contributed by atoms with E-state index in [9.17, 15) is 19.8 Å². The number of aromatic hydroxyl groups is 2. The van der Waals surface area contributed by atoms with Gasteiger partial charge < -0.3 is 20.2 Å². The van der Waals surface area contributed by atoms with Gasteiger partial charge in [-0.05, 0) is 43.7 Å². The minimum Gasteiger partial charge on any atom is -0.507 e. The van der Waals surface area contributed by atoms with Crippen LogP contribution < -0.4 is 11.1 Å². The predicted octanol–water partition coefficient (Wildman–Crippen LogP) is 3.58. The van der Waals surface area contributed by atoms with Crippen molar-refractivity contribution in [3.63, 3.8) is 0 Å². The molecule has 0 atom stereocenters. The first-order valence-electron chi connectivity index (χ1n) is 7.99. The highest BCUT2D eigenvalue weighted by Gasteiger charge is 2.30. The van der Waals surface area contributed by atoms with Gasteiger partial charge in [-0.3, -0.25) is 9.59 Å². The molecule has 0 radical (unpaired) electrons. The van der Waals surface area contributed by atoms with Crippen molar-refractivity contribution >= 4 is 23.2 Å². The SMILES string of the molecule is Cc1cc(O)c(C(c2ccc(Cl)cc2Cl)c2c(O)cc(C)[nH]c2=O)c(=O)[nH]1. The molecule has 0 saturated heterocycles. The van der Waals surface area contributed by atoms with Crippen molar-refractivity contribution < 1.29 is 10.2 Å². The highest BCUT2D eigenvalue weighted by Crippen LogP contribution is 2.40. The molecule has 27 heavy (non-hydrogen) atoms. The van der Waals surface area contributed by atoms with Gasteiger partial charge in [-0.1, -0.05) is 29.3 Å². The van der Waals surface area contributed by atoms with Crippen molar-refractivity contribution in [1.29, 1.82) is 0 Å². The van der Waals surface area contributed by atoms with Crippen LogP contribution in [-0.4, -0.2) is 20.2 Å². The third-order valence-electron chi connectivity index (χ3n) is 4.22. The summed E-state index contributed by atoms with van der Waals surface area (Å²) in [7, 11) is 0. The molecule has 2 heterocycles. The molecular weight excluding hydrogens is 391 g/mol. The number of hydrogen-bond donors (Lipinski definition) is 4. The van der Waals surface area contributed by atoms with Gasteiger partial charge in [0.25, 0.3) is 11.1 Å². The Kier molecular flexibility index (Phi) is 5.04. The predicted molar refractivity (Wildman–Crippen MR) is 104 cm³/mol. The molecule has 0 amide bonds. The Hall–Kier alpha value is -2.70. The van der Waals surface area contributed by atoms with Crippen LogP contribution in [0.25, 0.3) is 0 Å². The standard InChI is InChI=1S/C19H16Cl2N2O4/c1-8-5-13(24)16(18(26)22-8)15(11-4-3-10(20)7-12(11)21)17-14(25)6-9(2)23-19(17)27/h3-7,15H,1-2H3,(H2,22,24,26)(H2,23,25,27). The molecule has 0 unspecified atom stereocenters. The molecule has 8 heteroatoms. The van der Waals surface area contributed by atoms with Crippen molar-refractivity contribution in [2.45, 2.75) is 19.8 Å². The summed E-state index contributed by atoms with van der Waals surface area (Å²) in [5.74, 6) is -1.73. The fraction of sp³-hybridized carbons (Fsp3) is 0.158. The quantitative estimate of drug-likeness (QED) is 0.533. The Morgan fingerprint density at radius 3 is 1.74 bits per heavy atom. The van der Waals surface area contributed by atoms with E-state index in [1.807, 2.05) is 0 Å². The first-order valence-corrected chi connectivity index (χ1v) is 8.75. The number of aryl methyl sites for hydroxylation is 2. The Morgan fingerprint density at radius 1 is 0.852 bits per heavy atom. The summed E-state index contributed by atoms with van der Waals surface area (Å²) in [5, 5.41) is 21.5. The molecule has 3 aromatic rings. The van der Waals surface area contributed by atoms with Crippen LogP contribution >= 0.6 is 23.2 Å². The summed E-state index contributed by atoms with van der Waals surface area (Å²) in [6, 6.07) is 7.30. The molecule has 0 spiro atoms. The molecule has 0 fully saturated rings. The van der Waals surface area contributed by atoms with Crippen molar-refractivity contribution in [2.24, 2.45) is 0 Å². The Morgan fingerprint density at radius 2 is 1.33 bits per heavy atom. The molecule has 0 saturated carbocycles. The van der Waals surface area contributed by atoms with E-state index in [0.29, 0.717) is 22.0 Å². The first-order chi connectivity index (χ1) is 12.7. The van der Waals surface area contributed by atoms with Crippen LogP contribution in [0.5, 0.6) is 11.5 Å². The molecule has 2 aromatic heterocycles. The molecule has 3 rings (SSSR count). The fourth-order valence-electron chi connectivity index (χ4n) is 3.11. The zero-order valence-corrected chi connectivity index (χ0v) is 15.9. The molecule has 0 aliphatic heterocycles. The van der Waals surface area contributed by atoms with Crippen LogP contribution in [-0.2, 0) is 0 Å². The second kappa shape index (κ2) is 7.13.